The van der Waals surface area contributed by atoms with Gasteiger partial charge >= 0.3 is 0 Å². The molecule has 12 heteroatoms. The highest BCUT2D eigenvalue weighted by atomic mass is 32.2. The highest BCUT2D eigenvalue weighted by Crippen LogP contribution is 2.14. The van der Waals surface area contributed by atoms with Crippen LogP contribution < -0.4 is 9.13 Å². The van der Waals surface area contributed by atoms with Crippen molar-refractivity contribution in [1.82, 2.24) is 9.13 Å². The zero-order valence-corrected chi connectivity index (χ0v) is 34.0. The van der Waals surface area contributed by atoms with Gasteiger partial charge in [0.1, 0.15) is 24.8 Å². The topological polar surface area (TPSA) is 126 Å². The Morgan fingerprint density at radius 2 is 0.784 bits per heavy atom. The number of unbranched alkanes of at least 4 members (excludes halogenated alkanes) is 18. The number of imidazole rings is 2. The van der Waals surface area contributed by atoms with E-state index in [9.17, 15) is 25.9 Å². The molecule has 2 aromatic heterocycles. The van der Waals surface area contributed by atoms with Crippen LogP contribution in [-0.2, 0) is 59.3 Å². The molecule has 0 aliphatic carbocycles. The average Bonchev–Trinajstić information content (AvgIpc) is 3.64. The van der Waals surface area contributed by atoms with Gasteiger partial charge in [-0.2, -0.15) is 16.8 Å². The smallest absolute Gasteiger partial charge is 0.265 e. The molecule has 0 amide bonds. The first-order chi connectivity index (χ1) is 24.5. The Bertz CT molecular complexity index is 1280. The van der Waals surface area contributed by atoms with Crippen LogP contribution in [-0.4, -0.2) is 46.6 Å². The minimum atomic E-state index is -3.96. The highest BCUT2D eigenvalue weighted by Gasteiger charge is 2.19. The quantitative estimate of drug-likeness (QED) is 0.0419. The number of hydrogen-bond acceptors (Lipinski definition) is 4. The van der Waals surface area contributed by atoms with Gasteiger partial charge in [0.25, 0.3) is 31.9 Å². The Balaban J connectivity index is 1.89. The van der Waals surface area contributed by atoms with Gasteiger partial charge in [0.05, 0.1) is 37.7 Å². The Kier molecular flexibility index (Phi) is 24.0. The second-order valence-corrected chi connectivity index (χ2v) is 17.8. The molecule has 0 spiro atoms. The van der Waals surface area contributed by atoms with Crippen molar-refractivity contribution in [1.29, 1.82) is 0 Å². The first kappa shape index (κ1) is 45.4. The third-order valence-corrected chi connectivity index (χ3v) is 11.7. The molecule has 2 heterocycles. The van der Waals surface area contributed by atoms with Gasteiger partial charge < -0.3 is 0 Å². The Morgan fingerprint density at radius 3 is 1.12 bits per heavy atom. The summed E-state index contributed by atoms with van der Waals surface area (Å²) in [6.45, 7) is 7.51. The van der Waals surface area contributed by atoms with E-state index in [2.05, 4.69) is 56.9 Å². The zero-order valence-electron chi connectivity index (χ0n) is 32.4. The van der Waals surface area contributed by atoms with E-state index in [0.29, 0.717) is 25.9 Å². The van der Waals surface area contributed by atoms with E-state index in [-0.39, 0.29) is 11.5 Å². The molecule has 0 aliphatic heterocycles. The summed E-state index contributed by atoms with van der Waals surface area (Å²) in [4.78, 5) is 0. The molecule has 2 N–H and O–H groups in total. The predicted molar refractivity (Wildman–Crippen MR) is 207 cm³/mol. The maximum absolute atomic E-state index is 11.3. The lowest BCUT2D eigenvalue weighted by atomic mass is 10.1. The van der Waals surface area contributed by atoms with Crippen LogP contribution in [0.4, 0.5) is 0 Å². The SMILES string of the molecule is CCCCCCCCCCCc1n(CCCCCn2cc[n+](CCCS(=O)(=O)O)c2CCCCCCCCCCC)cc[n+]1CCCS(=O)(=O)O. The summed E-state index contributed by atoms with van der Waals surface area (Å²) in [5.74, 6) is 2.05. The van der Waals surface area contributed by atoms with E-state index in [1.165, 1.54) is 114 Å². The summed E-state index contributed by atoms with van der Waals surface area (Å²) in [5.41, 5.74) is 0. The van der Waals surface area contributed by atoms with Gasteiger partial charge in [0.2, 0.25) is 0 Å². The fraction of sp³-hybridized carbons (Fsp3) is 0.846. The van der Waals surface area contributed by atoms with Crippen molar-refractivity contribution < 1.29 is 35.1 Å². The van der Waals surface area contributed by atoms with E-state index >= 15 is 0 Å². The van der Waals surface area contributed by atoms with Gasteiger partial charge in [0, 0.05) is 25.7 Å². The van der Waals surface area contributed by atoms with Crippen LogP contribution in [0.5, 0.6) is 0 Å². The molecule has 10 nitrogen and oxygen atoms in total. The average molecular weight is 759 g/mol. The molecule has 0 aromatic carbocycles. The molecule has 0 aliphatic rings. The summed E-state index contributed by atoms with van der Waals surface area (Å²) in [5, 5.41) is 0. The summed E-state index contributed by atoms with van der Waals surface area (Å²) in [6.07, 6.45) is 37.3. The lowest BCUT2D eigenvalue weighted by Crippen LogP contribution is -2.38. The fourth-order valence-corrected chi connectivity index (χ4v) is 8.14. The summed E-state index contributed by atoms with van der Waals surface area (Å²) in [7, 11) is -7.93. The standard InChI is InChI=1S/C39H72N4O6S2/c1-3-5-7-9-11-13-15-17-20-26-38-40(32-34-42(38)30-24-36-50(44,45)46)28-22-19-23-29-41-33-35-43(31-25-37-51(47,48)49)39(41)27-21-18-16-14-12-10-8-6-4-2/h32-35H,3-31,36-37H2,1-2H3/p+2. The van der Waals surface area contributed by atoms with Crippen molar-refractivity contribution in [2.75, 3.05) is 11.5 Å². The molecule has 51 heavy (non-hydrogen) atoms. The van der Waals surface area contributed by atoms with E-state index in [1.54, 1.807) is 0 Å². The maximum Gasteiger partial charge on any atom is 0.265 e. The van der Waals surface area contributed by atoms with Gasteiger partial charge in [0.15, 0.2) is 0 Å². The van der Waals surface area contributed by atoms with Gasteiger partial charge in [-0.3, -0.25) is 9.11 Å². The van der Waals surface area contributed by atoms with Crippen molar-refractivity contribution in [3.63, 3.8) is 0 Å². The van der Waals surface area contributed by atoms with Crippen LogP contribution >= 0.6 is 0 Å². The summed E-state index contributed by atoms with van der Waals surface area (Å²) < 4.78 is 72.7. The van der Waals surface area contributed by atoms with Crippen molar-refractivity contribution in [3.8, 4) is 0 Å². The summed E-state index contributed by atoms with van der Waals surface area (Å²) >= 11 is 0. The largest absolute Gasteiger partial charge is 0.286 e. The Hall–Kier alpha value is -1.76. The lowest BCUT2D eigenvalue weighted by Gasteiger charge is -2.07. The van der Waals surface area contributed by atoms with Gasteiger partial charge in [-0.05, 0) is 32.1 Å². The van der Waals surface area contributed by atoms with Crippen molar-refractivity contribution in [2.45, 2.75) is 201 Å². The summed E-state index contributed by atoms with van der Waals surface area (Å²) in [6, 6.07) is 0. The van der Waals surface area contributed by atoms with E-state index < -0.39 is 20.2 Å². The van der Waals surface area contributed by atoms with Crippen LogP contribution in [0.15, 0.2) is 24.8 Å². The second-order valence-electron chi connectivity index (χ2n) is 14.7. The van der Waals surface area contributed by atoms with Gasteiger partial charge in [-0.15, -0.1) is 0 Å². The number of nitrogens with zero attached hydrogens (tertiary/aromatic N) is 4. The molecule has 2 rings (SSSR count). The fourth-order valence-electron chi connectivity index (χ4n) is 7.15. The van der Waals surface area contributed by atoms with Crippen molar-refractivity contribution >= 4 is 20.2 Å². The minimum absolute atomic E-state index is 0.219. The Morgan fingerprint density at radius 1 is 0.471 bits per heavy atom. The highest BCUT2D eigenvalue weighted by molar-refractivity contribution is 7.86. The molecule has 0 radical (unpaired) electrons. The molecule has 0 bridgehead atoms. The van der Waals surface area contributed by atoms with E-state index in [1.807, 2.05) is 0 Å². The molecule has 296 valence electrons. The minimum Gasteiger partial charge on any atom is -0.286 e. The second kappa shape index (κ2) is 26.9. The van der Waals surface area contributed by atoms with Crippen molar-refractivity contribution in [2.24, 2.45) is 0 Å². The van der Waals surface area contributed by atoms with Gasteiger partial charge in [-0.25, -0.2) is 18.3 Å². The van der Waals surface area contributed by atoms with Crippen LogP contribution in [0.3, 0.4) is 0 Å². The van der Waals surface area contributed by atoms with Crippen LogP contribution in [0.25, 0.3) is 0 Å². The van der Waals surface area contributed by atoms with Crippen LogP contribution in [0.2, 0.25) is 0 Å². The first-order valence-electron chi connectivity index (χ1n) is 20.6. The normalized spacial score (nSPS) is 12.3. The number of aromatic nitrogens is 4. The third kappa shape index (κ3) is 22.1. The Labute approximate surface area is 311 Å². The molecular weight excluding hydrogens is 685 g/mol. The number of rotatable bonds is 34. The molecule has 0 saturated heterocycles. The van der Waals surface area contributed by atoms with E-state index in [4.69, 9.17) is 0 Å². The number of hydrogen-bond donors (Lipinski definition) is 2. The van der Waals surface area contributed by atoms with Crippen LogP contribution in [0, 0.1) is 0 Å². The monoisotopic (exact) mass is 759 g/mol. The molecule has 0 atom stereocenters. The molecule has 0 fully saturated rings. The van der Waals surface area contributed by atoms with Gasteiger partial charge in [-0.1, -0.05) is 117 Å². The molecular formula is C39H74N4O6S2+2. The van der Waals surface area contributed by atoms with E-state index in [0.717, 1.165) is 58.0 Å². The zero-order chi connectivity index (χ0) is 37.2. The van der Waals surface area contributed by atoms with Crippen LogP contribution in [0.1, 0.15) is 173 Å². The molecule has 0 unspecified atom stereocenters. The predicted octanol–water partition coefficient (Wildman–Crippen LogP) is 8.44. The number of aryl methyl sites for hydroxylation is 4. The first-order valence-corrected chi connectivity index (χ1v) is 23.8. The molecule has 0 saturated carbocycles. The lowest BCUT2D eigenvalue weighted by molar-refractivity contribution is -0.703. The van der Waals surface area contributed by atoms with Crippen molar-refractivity contribution in [3.05, 3.63) is 36.4 Å². The molecule has 2 aromatic rings. The maximum atomic E-state index is 11.3. The third-order valence-electron chi connectivity index (χ3n) is 10.1.